The van der Waals surface area contributed by atoms with E-state index in [0.29, 0.717) is 0 Å². The van der Waals surface area contributed by atoms with Crippen LogP contribution in [0.15, 0.2) is 34.9 Å². The third-order valence-electron chi connectivity index (χ3n) is 3.67. The zero-order valence-electron chi connectivity index (χ0n) is 10.6. The Morgan fingerprint density at radius 1 is 1.00 bits per heavy atom. The van der Waals surface area contributed by atoms with E-state index in [9.17, 15) is 4.39 Å². The molecule has 3 rings (SSSR count). The van der Waals surface area contributed by atoms with Crippen molar-refractivity contribution >= 4 is 15.9 Å². The van der Waals surface area contributed by atoms with Gasteiger partial charge in [-0.25, -0.2) is 9.37 Å². The third-order valence-corrected chi connectivity index (χ3v) is 4.08. The van der Waals surface area contributed by atoms with Gasteiger partial charge in [-0.1, -0.05) is 18.6 Å². The molecule has 0 radical (unpaired) electrons. The summed E-state index contributed by atoms with van der Waals surface area (Å²) < 4.78 is 13.9. The predicted octanol–water partition coefficient (Wildman–Crippen LogP) is 4.92. The molecule has 0 N–H and O–H groups in total. The van der Waals surface area contributed by atoms with E-state index >= 15 is 0 Å². The van der Waals surface area contributed by atoms with E-state index in [1.54, 1.807) is 0 Å². The lowest BCUT2D eigenvalue weighted by atomic mass is 9.96. The minimum atomic E-state index is -0.192. The van der Waals surface area contributed by atoms with E-state index in [-0.39, 0.29) is 5.82 Å². The lowest BCUT2D eigenvalue weighted by Gasteiger charge is -2.13. The molecule has 0 saturated heterocycles. The second-order valence-electron chi connectivity index (χ2n) is 4.99. The Morgan fingerprint density at radius 2 is 1.74 bits per heavy atom. The summed E-state index contributed by atoms with van der Waals surface area (Å²) in [6.45, 7) is 0. The highest BCUT2D eigenvalue weighted by atomic mass is 79.9. The standard InChI is InChI=1S/C16H15BrFN/c17-16-10-14(11-6-8-12(18)9-7-11)13-4-2-1-3-5-15(13)19-16/h6-10H,1-5H2. The second kappa shape index (κ2) is 5.41. The van der Waals surface area contributed by atoms with Crippen molar-refractivity contribution in [2.75, 3.05) is 0 Å². The molecule has 0 unspecified atom stereocenters. The first-order valence-electron chi connectivity index (χ1n) is 6.68. The molecule has 0 amide bonds. The maximum Gasteiger partial charge on any atom is 0.123 e. The van der Waals surface area contributed by atoms with E-state index in [1.165, 1.54) is 48.2 Å². The molecule has 0 spiro atoms. The third kappa shape index (κ3) is 2.71. The molecule has 3 heteroatoms. The fourth-order valence-electron chi connectivity index (χ4n) is 2.73. The molecule has 1 nitrogen and oxygen atoms in total. The van der Waals surface area contributed by atoms with E-state index in [1.807, 2.05) is 12.1 Å². The van der Waals surface area contributed by atoms with Crippen LogP contribution in [0.2, 0.25) is 0 Å². The van der Waals surface area contributed by atoms with Crippen LogP contribution in [0.5, 0.6) is 0 Å². The number of pyridine rings is 1. The Balaban J connectivity index is 2.14. The SMILES string of the molecule is Fc1ccc(-c2cc(Br)nc3c2CCCCC3)cc1. The van der Waals surface area contributed by atoms with E-state index < -0.39 is 0 Å². The quantitative estimate of drug-likeness (QED) is 0.537. The monoisotopic (exact) mass is 319 g/mol. The average molecular weight is 320 g/mol. The Morgan fingerprint density at radius 3 is 2.53 bits per heavy atom. The van der Waals surface area contributed by atoms with Crippen LogP contribution < -0.4 is 0 Å². The molecule has 1 aliphatic carbocycles. The number of aryl methyl sites for hydroxylation is 1. The first-order chi connectivity index (χ1) is 9.24. The number of benzene rings is 1. The Bertz CT molecular complexity index is 592. The fourth-order valence-corrected chi connectivity index (χ4v) is 3.18. The van der Waals surface area contributed by atoms with Gasteiger partial charge in [0.15, 0.2) is 0 Å². The highest BCUT2D eigenvalue weighted by Crippen LogP contribution is 2.32. The number of halogens is 2. The van der Waals surface area contributed by atoms with Gasteiger partial charge in [0, 0.05) is 5.69 Å². The topological polar surface area (TPSA) is 12.9 Å². The van der Waals surface area contributed by atoms with Gasteiger partial charge < -0.3 is 0 Å². The predicted molar refractivity (Wildman–Crippen MR) is 78.6 cm³/mol. The summed E-state index contributed by atoms with van der Waals surface area (Å²) in [6.07, 6.45) is 5.80. The Kier molecular flexibility index (Phi) is 3.65. The molecule has 1 heterocycles. The first-order valence-corrected chi connectivity index (χ1v) is 7.47. The molecular weight excluding hydrogens is 305 g/mol. The minimum absolute atomic E-state index is 0.192. The molecule has 0 saturated carbocycles. The number of fused-ring (bicyclic) bond motifs is 1. The van der Waals surface area contributed by atoms with E-state index in [0.717, 1.165) is 23.0 Å². The molecule has 2 aromatic rings. The van der Waals surface area contributed by atoms with Crippen LogP contribution in [0.1, 0.15) is 30.5 Å². The maximum atomic E-state index is 13.1. The van der Waals surface area contributed by atoms with Crippen molar-refractivity contribution < 1.29 is 4.39 Å². The summed E-state index contributed by atoms with van der Waals surface area (Å²) in [5, 5.41) is 0. The van der Waals surface area contributed by atoms with Gasteiger partial charge in [0.05, 0.1) is 0 Å². The molecule has 98 valence electrons. The van der Waals surface area contributed by atoms with Crippen LogP contribution in [-0.4, -0.2) is 4.98 Å². The molecule has 0 atom stereocenters. The van der Waals surface area contributed by atoms with Crippen molar-refractivity contribution in [1.82, 2.24) is 4.98 Å². The molecular formula is C16H15BrFN. The molecule has 0 bridgehead atoms. The second-order valence-corrected chi connectivity index (χ2v) is 5.80. The largest absolute Gasteiger partial charge is 0.246 e. The smallest absolute Gasteiger partial charge is 0.123 e. The zero-order valence-corrected chi connectivity index (χ0v) is 12.2. The molecule has 1 aromatic heterocycles. The van der Waals surface area contributed by atoms with Gasteiger partial charge in [-0.15, -0.1) is 0 Å². The minimum Gasteiger partial charge on any atom is -0.246 e. The summed E-state index contributed by atoms with van der Waals surface area (Å²) >= 11 is 3.49. The van der Waals surface area contributed by atoms with Crippen LogP contribution in [0.4, 0.5) is 4.39 Å². The van der Waals surface area contributed by atoms with Crippen molar-refractivity contribution in [1.29, 1.82) is 0 Å². The maximum absolute atomic E-state index is 13.1. The van der Waals surface area contributed by atoms with Gasteiger partial charge >= 0.3 is 0 Å². The van der Waals surface area contributed by atoms with Crippen molar-refractivity contribution in [2.45, 2.75) is 32.1 Å². The Labute approximate surface area is 121 Å². The summed E-state index contributed by atoms with van der Waals surface area (Å²) in [6, 6.07) is 8.79. The fraction of sp³-hybridized carbons (Fsp3) is 0.312. The number of hydrogen-bond acceptors (Lipinski definition) is 1. The summed E-state index contributed by atoms with van der Waals surface area (Å²) in [4.78, 5) is 4.62. The van der Waals surface area contributed by atoms with E-state index in [4.69, 9.17) is 0 Å². The van der Waals surface area contributed by atoms with Crippen molar-refractivity contribution in [3.63, 3.8) is 0 Å². The van der Waals surface area contributed by atoms with Crippen LogP contribution in [-0.2, 0) is 12.8 Å². The van der Waals surface area contributed by atoms with Gasteiger partial charge in [-0.2, -0.15) is 0 Å². The normalized spacial score (nSPS) is 14.8. The highest BCUT2D eigenvalue weighted by molar-refractivity contribution is 9.10. The average Bonchev–Trinajstić information content (AvgIpc) is 2.64. The van der Waals surface area contributed by atoms with Gasteiger partial charge in [-0.05, 0) is 76.5 Å². The molecule has 1 aromatic carbocycles. The lowest BCUT2D eigenvalue weighted by Crippen LogP contribution is -1.99. The summed E-state index contributed by atoms with van der Waals surface area (Å²) in [5.41, 5.74) is 4.81. The zero-order chi connectivity index (χ0) is 13.2. The van der Waals surface area contributed by atoms with Crippen LogP contribution in [0.3, 0.4) is 0 Å². The van der Waals surface area contributed by atoms with Crippen LogP contribution >= 0.6 is 15.9 Å². The molecule has 1 aliphatic rings. The van der Waals surface area contributed by atoms with Crippen molar-refractivity contribution in [2.24, 2.45) is 0 Å². The Hall–Kier alpha value is -1.22. The molecule has 19 heavy (non-hydrogen) atoms. The van der Waals surface area contributed by atoms with Crippen LogP contribution in [0, 0.1) is 5.82 Å². The lowest BCUT2D eigenvalue weighted by molar-refractivity contribution is 0.628. The summed E-state index contributed by atoms with van der Waals surface area (Å²) in [7, 11) is 0. The first kappa shape index (κ1) is 12.8. The van der Waals surface area contributed by atoms with Gasteiger partial charge in [0.1, 0.15) is 10.4 Å². The molecule has 0 aliphatic heterocycles. The van der Waals surface area contributed by atoms with Gasteiger partial charge in [-0.3, -0.25) is 0 Å². The number of nitrogens with zero attached hydrogens (tertiary/aromatic N) is 1. The number of rotatable bonds is 1. The van der Waals surface area contributed by atoms with Gasteiger partial charge in [0.2, 0.25) is 0 Å². The van der Waals surface area contributed by atoms with Crippen LogP contribution in [0.25, 0.3) is 11.1 Å². The van der Waals surface area contributed by atoms with Crippen molar-refractivity contribution in [3.05, 3.63) is 52.0 Å². The highest BCUT2D eigenvalue weighted by Gasteiger charge is 2.15. The summed E-state index contributed by atoms with van der Waals surface area (Å²) in [5.74, 6) is -0.192. The van der Waals surface area contributed by atoms with E-state index in [2.05, 4.69) is 27.0 Å². The molecule has 0 fully saturated rings. The number of aromatic nitrogens is 1. The number of hydrogen-bond donors (Lipinski definition) is 0. The van der Waals surface area contributed by atoms with Gasteiger partial charge in [0.25, 0.3) is 0 Å². The van der Waals surface area contributed by atoms with Crippen molar-refractivity contribution in [3.8, 4) is 11.1 Å².